The van der Waals surface area contributed by atoms with Crippen molar-refractivity contribution in [1.29, 1.82) is 0 Å². The maximum Gasteiger partial charge on any atom is 0.550 e. The Hall–Kier alpha value is -1.38. The molecule has 0 radical (unpaired) electrons. The highest BCUT2D eigenvalue weighted by Crippen LogP contribution is 1.99. The Morgan fingerprint density at radius 3 is 2.70 bits per heavy atom. The minimum atomic E-state index is -0.684. The van der Waals surface area contributed by atoms with E-state index in [4.69, 9.17) is 5.11 Å². The molecule has 1 heterocycles. The van der Waals surface area contributed by atoms with E-state index in [1.165, 1.54) is 6.20 Å². The summed E-state index contributed by atoms with van der Waals surface area (Å²) in [6.07, 6.45) is 3.04. The van der Waals surface area contributed by atoms with Gasteiger partial charge >= 0.3 is 5.97 Å². The topological polar surface area (TPSA) is 52.9 Å². The fourth-order valence-corrected chi connectivity index (χ4v) is 0.679. The van der Waals surface area contributed by atoms with Gasteiger partial charge in [-0.05, 0) is 18.6 Å². The van der Waals surface area contributed by atoms with Gasteiger partial charge in [0.2, 0.25) is 0 Å². The van der Waals surface area contributed by atoms with Crippen LogP contribution in [0.15, 0.2) is 18.5 Å². The molecule has 0 bridgehead atoms. The van der Waals surface area contributed by atoms with Crippen LogP contribution in [0.25, 0.3) is 0 Å². The van der Waals surface area contributed by atoms with Crippen molar-refractivity contribution in [2.75, 3.05) is 0 Å². The van der Waals surface area contributed by atoms with Gasteiger partial charge in [0.1, 0.15) is 5.56 Å². The van der Waals surface area contributed by atoms with Crippen molar-refractivity contribution in [3.8, 4) is 0 Å². The van der Waals surface area contributed by atoms with Crippen LogP contribution in [0.3, 0.4) is 0 Å². The van der Waals surface area contributed by atoms with E-state index in [0.29, 0.717) is 5.56 Å². The van der Waals surface area contributed by atoms with Crippen LogP contribution in [0.4, 0.5) is 0 Å². The summed E-state index contributed by atoms with van der Waals surface area (Å²) >= 11 is 0. The average molecular weight is 138 g/mol. The summed E-state index contributed by atoms with van der Waals surface area (Å²) < 4.78 is 0. The molecule has 1 aromatic rings. The summed E-state index contributed by atoms with van der Waals surface area (Å²) in [4.78, 5) is 14.2. The van der Waals surface area contributed by atoms with Crippen molar-refractivity contribution in [2.24, 2.45) is 0 Å². The number of pyridine rings is 1. The van der Waals surface area contributed by atoms with Gasteiger partial charge < -0.3 is 5.11 Å². The van der Waals surface area contributed by atoms with Crippen LogP contribution in [0, 0.1) is 6.92 Å². The van der Waals surface area contributed by atoms with E-state index in [1.54, 1.807) is 12.3 Å². The Labute approximate surface area is 58.3 Å². The first kappa shape index (κ1) is 6.74. The Kier molecular flexibility index (Phi) is 1.67. The lowest BCUT2D eigenvalue weighted by Gasteiger charge is -1.89. The monoisotopic (exact) mass is 138 g/mol. The first-order valence-electron chi connectivity index (χ1n) is 2.88. The second-order valence-corrected chi connectivity index (χ2v) is 2.08. The lowest BCUT2D eigenvalue weighted by molar-refractivity contribution is 0.0696. The largest absolute Gasteiger partial charge is 0.561 e. The third kappa shape index (κ3) is 1.31. The van der Waals surface area contributed by atoms with Crippen molar-refractivity contribution < 1.29 is 9.90 Å². The second kappa shape index (κ2) is 2.47. The van der Waals surface area contributed by atoms with Crippen molar-refractivity contribution in [3.05, 3.63) is 29.6 Å². The van der Waals surface area contributed by atoms with Crippen molar-refractivity contribution >= 4 is 5.97 Å². The minimum absolute atomic E-state index is 0.347. The summed E-state index contributed by atoms with van der Waals surface area (Å²) in [5.41, 5.74) is 1.25. The van der Waals surface area contributed by atoms with Crippen molar-refractivity contribution in [1.82, 2.24) is 4.98 Å². The predicted molar refractivity (Wildman–Crippen MR) is 36.9 cm³/mol. The molecule has 0 atom stereocenters. The molecule has 0 amide bonds. The zero-order chi connectivity index (χ0) is 7.56. The maximum absolute atomic E-state index is 10.4. The summed E-state index contributed by atoms with van der Waals surface area (Å²) in [5.74, 6) is -0.684. The lowest BCUT2D eigenvalue weighted by atomic mass is 10.2. The number of aromatic nitrogens is 1. The van der Waals surface area contributed by atoms with Gasteiger partial charge in [-0.25, -0.2) is 0 Å². The van der Waals surface area contributed by atoms with Crippen LogP contribution >= 0.6 is 0 Å². The number of carbonyl (C=O) groups excluding carboxylic acids is 1. The number of rotatable bonds is 1. The highest BCUT2D eigenvalue weighted by molar-refractivity contribution is 5.87. The molecule has 52 valence electrons. The standard InChI is InChI=1S/C7H7NO2/c1-5-2-6(7(9)10)4-8-3-5/h2-4H,1H3,(H,9,10)/p+1. The molecular weight excluding hydrogens is 130 g/mol. The molecule has 2 N–H and O–H groups in total. The fourth-order valence-electron chi connectivity index (χ4n) is 0.679. The number of aryl methyl sites for hydroxylation is 1. The molecule has 0 aliphatic heterocycles. The van der Waals surface area contributed by atoms with Gasteiger partial charge in [-0.1, -0.05) is 0 Å². The Bertz CT molecular complexity index is 258. The van der Waals surface area contributed by atoms with Gasteiger partial charge in [-0.15, -0.1) is 0 Å². The van der Waals surface area contributed by atoms with Crippen LogP contribution in [0.2, 0.25) is 0 Å². The molecule has 0 aliphatic carbocycles. The van der Waals surface area contributed by atoms with E-state index in [1.807, 2.05) is 6.92 Å². The summed E-state index contributed by atoms with van der Waals surface area (Å²) in [7, 11) is 0. The zero-order valence-corrected chi connectivity index (χ0v) is 5.59. The zero-order valence-electron chi connectivity index (χ0n) is 5.59. The molecule has 0 saturated heterocycles. The van der Waals surface area contributed by atoms with E-state index >= 15 is 0 Å². The number of carbonyl (C=O) groups is 1. The first-order chi connectivity index (χ1) is 4.70. The van der Waals surface area contributed by atoms with Crippen LogP contribution in [0.5, 0.6) is 0 Å². The molecule has 1 aromatic heterocycles. The van der Waals surface area contributed by atoms with Gasteiger partial charge in [0.15, 0.2) is 0 Å². The predicted octanol–water partition coefficient (Wildman–Crippen LogP) is 0.255. The van der Waals surface area contributed by atoms with E-state index < -0.39 is 5.97 Å². The summed E-state index contributed by atoms with van der Waals surface area (Å²) in [6, 6.07) is 1.64. The van der Waals surface area contributed by atoms with E-state index in [9.17, 15) is 4.79 Å². The van der Waals surface area contributed by atoms with Crippen LogP contribution in [-0.4, -0.2) is 16.1 Å². The highest BCUT2D eigenvalue weighted by atomic mass is 16.4. The van der Waals surface area contributed by atoms with Crippen LogP contribution in [-0.2, 0) is 0 Å². The molecule has 3 nitrogen and oxygen atoms in total. The molecule has 0 fully saturated rings. The van der Waals surface area contributed by atoms with Gasteiger partial charge in [0.05, 0.1) is 0 Å². The van der Waals surface area contributed by atoms with Crippen LogP contribution < -0.4 is 0 Å². The summed E-state index contributed by atoms with van der Waals surface area (Å²) in [6.45, 7) is 1.83. The molecule has 0 saturated carbocycles. The van der Waals surface area contributed by atoms with Gasteiger partial charge in [-0.2, -0.15) is 0 Å². The van der Waals surface area contributed by atoms with Gasteiger partial charge in [-0.3, -0.25) is 4.98 Å². The molecular formula is C7H8NO2+. The third-order valence-corrected chi connectivity index (χ3v) is 1.14. The van der Waals surface area contributed by atoms with Gasteiger partial charge in [0, 0.05) is 17.2 Å². The quantitative estimate of drug-likeness (QED) is 0.522. The highest BCUT2D eigenvalue weighted by Gasteiger charge is 2.09. The smallest absolute Gasteiger partial charge is 0.550 e. The molecule has 0 spiro atoms. The summed E-state index contributed by atoms with van der Waals surface area (Å²) in [5, 5.41) is 6.74. The average Bonchev–Trinajstić information content (AvgIpc) is 1.88. The Balaban J connectivity index is 3.07. The van der Waals surface area contributed by atoms with Crippen LogP contribution in [0.1, 0.15) is 15.9 Å². The van der Waals surface area contributed by atoms with E-state index in [0.717, 1.165) is 5.56 Å². The lowest BCUT2D eigenvalue weighted by Crippen LogP contribution is -1.96. The third-order valence-electron chi connectivity index (χ3n) is 1.14. The van der Waals surface area contributed by atoms with Crippen molar-refractivity contribution in [3.63, 3.8) is 0 Å². The fraction of sp³-hybridized carbons (Fsp3) is 0.143. The number of nitrogens with zero attached hydrogens (tertiary/aromatic N) is 1. The second-order valence-electron chi connectivity index (χ2n) is 2.08. The van der Waals surface area contributed by atoms with Gasteiger partial charge in [0.25, 0.3) is 0 Å². The molecule has 0 aliphatic rings. The van der Waals surface area contributed by atoms with E-state index in [2.05, 4.69) is 4.98 Å². The van der Waals surface area contributed by atoms with E-state index in [-0.39, 0.29) is 0 Å². The SMILES string of the molecule is Cc1cncc(C(=O)[OH2+])c1. The minimum Gasteiger partial charge on any atom is -0.561 e. The number of hydrogen-bond donors (Lipinski definition) is 0. The Morgan fingerprint density at radius 2 is 2.30 bits per heavy atom. The molecule has 0 aromatic carbocycles. The molecule has 1 rings (SSSR count). The number of hydrogen-bond acceptors (Lipinski definition) is 2. The molecule has 3 heteroatoms. The first-order valence-corrected chi connectivity index (χ1v) is 2.88. The molecule has 0 unspecified atom stereocenters. The molecule has 10 heavy (non-hydrogen) atoms. The normalized spacial score (nSPS) is 9.30. The maximum atomic E-state index is 10.4. The Morgan fingerprint density at radius 1 is 1.60 bits per heavy atom. The van der Waals surface area contributed by atoms with Crippen molar-refractivity contribution in [2.45, 2.75) is 6.92 Å².